The highest BCUT2D eigenvalue weighted by molar-refractivity contribution is 6.22. The monoisotopic (exact) mass is 680 g/mol. The molecule has 0 saturated heterocycles. The van der Waals surface area contributed by atoms with E-state index in [4.69, 9.17) is 34.3 Å². The minimum atomic E-state index is 0.541. The predicted octanol–water partition coefficient (Wildman–Crippen LogP) is 11.1. The smallest absolute Gasteiger partial charge is 0.167 e. The van der Waals surface area contributed by atoms with Crippen molar-refractivity contribution in [1.29, 1.82) is 0 Å². The van der Waals surface area contributed by atoms with Crippen molar-refractivity contribution in [3.8, 4) is 68.3 Å². The highest BCUT2D eigenvalue weighted by Gasteiger charge is 2.20. The van der Waals surface area contributed by atoms with Crippen LogP contribution in [0.25, 0.3) is 101 Å². The summed E-state index contributed by atoms with van der Waals surface area (Å²) < 4.78 is 6.70. The first-order valence-electron chi connectivity index (χ1n) is 17.4. The average Bonchev–Trinajstić information content (AvgIpc) is 3.64. The topological polar surface area (TPSA) is 90.5 Å². The van der Waals surface area contributed by atoms with Gasteiger partial charge < -0.3 is 4.42 Å². The molecule has 0 radical (unpaired) electrons. The maximum absolute atomic E-state index is 6.70. The lowest BCUT2D eigenvalue weighted by Gasteiger charge is -2.10. The lowest BCUT2D eigenvalue weighted by atomic mass is 9.98. The predicted molar refractivity (Wildman–Crippen MR) is 211 cm³/mol. The number of fused-ring (bicyclic) bond motifs is 5. The minimum absolute atomic E-state index is 0.541. The fourth-order valence-corrected chi connectivity index (χ4v) is 6.88. The molecule has 0 spiro atoms. The Bertz CT molecular complexity index is 2680. The molecule has 3 aromatic heterocycles. The molecule has 3 heterocycles. The first kappa shape index (κ1) is 30.4. The van der Waals surface area contributed by atoms with E-state index in [2.05, 4.69) is 30.3 Å². The maximum atomic E-state index is 6.70. The summed E-state index contributed by atoms with van der Waals surface area (Å²) in [7, 11) is 0. The lowest BCUT2D eigenvalue weighted by Crippen LogP contribution is -2.00. The zero-order chi connectivity index (χ0) is 35.1. The molecule has 0 unspecified atom stereocenters. The van der Waals surface area contributed by atoms with Crippen molar-refractivity contribution >= 4 is 32.7 Å². The van der Waals surface area contributed by atoms with Gasteiger partial charge in [-0.15, -0.1) is 0 Å². The first-order valence-corrected chi connectivity index (χ1v) is 17.4. The summed E-state index contributed by atoms with van der Waals surface area (Å²) in [6, 6.07) is 56.5. The second kappa shape index (κ2) is 12.7. The third kappa shape index (κ3) is 5.48. The van der Waals surface area contributed by atoms with Crippen LogP contribution in [-0.2, 0) is 0 Å². The first-order chi connectivity index (χ1) is 26.3. The van der Waals surface area contributed by atoms with Crippen LogP contribution in [0.5, 0.6) is 0 Å². The van der Waals surface area contributed by atoms with Gasteiger partial charge in [-0.3, -0.25) is 0 Å². The summed E-state index contributed by atoms with van der Waals surface area (Å²) in [6.45, 7) is 0. The zero-order valence-electron chi connectivity index (χ0n) is 28.3. The van der Waals surface area contributed by atoms with Crippen LogP contribution in [0.4, 0.5) is 0 Å². The Morgan fingerprint density at radius 3 is 1.15 bits per heavy atom. The molecule has 10 aromatic rings. The molecular formula is C46H28N6O. The van der Waals surface area contributed by atoms with Crippen molar-refractivity contribution in [3.63, 3.8) is 0 Å². The molecular weight excluding hydrogens is 653 g/mol. The molecule has 7 aromatic carbocycles. The maximum Gasteiger partial charge on any atom is 0.167 e. The lowest BCUT2D eigenvalue weighted by molar-refractivity contribution is 0.670. The van der Waals surface area contributed by atoms with Gasteiger partial charge in [0.05, 0.1) is 5.56 Å². The Balaban J connectivity index is 1.17. The quantitative estimate of drug-likeness (QED) is 0.173. The van der Waals surface area contributed by atoms with Crippen LogP contribution >= 0.6 is 0 Å². The van der Waals surface area contributed by atoms with Gasteiger partial charge in [0, 0.05) is 38.6 Å². The van der Waals surface area contributed by atoms with E-state index < -0.39 is 0 Å². The van der Waals surface area contributed by atoms with Crippen molar-refractivity contribution in [2.75, 3.05) is 0 Å². The van der Waals surface area contributed by atoms with Gasteiger partial charge in [0.1, 0.15) is 11.2 Å². The van der Waals surface area contributed by atoms with Crippen molar-refractivity contribution in [3.05, 3.63) is 170 Å². The highest BCUT2D eigenvalue weighted by atomic mass is 16.3. The second-order valence-corrected chi connectivity index (χ2v) is 12.7. The number of aromatic nitrogens is 6. The van der Waals surface area contributed by atoms with E-state index in [-0.39, 0.29) is 0 Å². The Hall–Kier alpha value is -7.38. The summed E-state index contributed by atoms with van der Waals surface area (Å²) in [6.07, 6.45) is 0. The molecule has 0 N–H and O–H groups in total. The molecule has 0 saturated carbocycles. The van der Waals surface area contributed by atoms with Gasteiger partial charge in [-0.25, -0.2) is 29.9 Å². The van der Waals surface area contributed by atoms with Gasteiger partial charge in [0.2, 0.25) is 0 Å². The van der Waals surface area contributed by atoms with Crippen molar-refractivity contribution in [2.24, 2.45) is 0 Å². The third-order valence-electron chi connectivity index (χ3n) is 9.40. The van der Waals surface area contributed by atoms with Crippen LogP contribution in [0.1, 0.15) is 0 Å². The Kier molecular flexibility index (Phi) is 7.32. The second-order valence-electron chi connectivity index (χ2n) is 12.7. The molecule has 0 aliphatic heterocycles. The van der Waals surface area contributed by atoms with Crippen LogP contribution < -0.4 is 0 Å². The number of rotatable bonds is 6. The molecule has 7 heteroatoms. The van der Waals surface area contributed by atoms with Gasteiger partial charge >= 0.3 is 0 Å². The fraction of sp³-hybridized carbons (Fsp3) is 0. The molecule has 0 bridgehead atoms. The standard InChI is InChI=1S/C46H28N6O/c1-5-15-29(16-6-1)41-47-42(30-17-7-2-8-18-30)50-45(49-41)35-24-13-23-34-33(35)27-28-38-39(34)36-25-14-26-37(40(36)53-38)46-51-43(31-19-9-3-10-20-31)48-44(52-46)32-21-11-4-12-22-32/h1-28H. The van der Waals surface area contributed by atoms with E-state index in [9.17, 15) is 0 Å². The Morgan fingerprint density at radius 1 is 0.283 bits per heavy atom. The molecule has 0 fully saturated rings. The van der Waals surface area contributed by atoms with Gasteiger partial charge in [0.15, 0.2) is 34.9 Å². The number of hydrogen-bond donors (Lipinski definition) is 0. The van der Waals surface area contributed by atoms with E-state index in [1.165, 1.54) is 0 Å². The molecule has 10 rings (SSSR count). The van der Waals surface area contributed by atoms with E-state index in [0.717, 1.165) is 60.5 Å². The van der Waals surface area contributed by atoms with Crippen LogP contribution in [0.15, 0.2) is 174 Å². The summed E-state index contributed by atoms with van der Waals surface area (Å²) in [5.74, 6) is 3.57. The van der Waals surface area contributed by atoms with Gasteiger partial charge in [-0.1, -0.05) is 152 Å². The number of benzene rings is 7. The van der Waals surface area contributed by atoms with Crippen molar-refractivity contribution < 1.29 is 4.42 Å². The van der Waals surface area contributed by atoms with E-state index in [1.807, 2.05) is 140 Å². The highest BCUT2D eigenvalue weighted by Crippen LogP contribution is 2.41. The molecule has 0 aliphatic carbocycles. The normalized spacial score (nSPS) is 11.4. The van der Waals surface area contributed by atoms with Crippen LogP contribution in [-0.4, -0.2) is 29.9 Å². The van der Waals surface area contributed by atoms with Crippen molar-refractivity contribution in [2.45, 2.75) is 0 Å². The number of furan rings is 1. The van der Waals surface area contributed by atoms with E-state index in [1.54, 1.807) is 0 Å². The summed E-state index contributed by atoms with van der Waals surface area (Å²) in [5, 5.41) is 4.01. The molecule has 53 heavy (non-hydrogen) atoms. The molecule has 0 aliphatic rings. The largest absolute Gasteiger partial charge is 0.455 e. The van der Waals surface area contributed by atoms with E-state index >= 15 is 0 Å². The van der Waals surface area contributed by atoms with Crippen LogP contribution in [0.3, 0.4) is 0 Å². The molecule has 248 valence electrons. The molecule has 0 atom stereocenters. The minimum Gasteiger partial charge on any atom is -0.455 e. The fourth-order valence-electron chi connectivity index (χ4n) is 6.88. The zero-order valence-corrected chi connectivity index (χ0v) is 28.3. The van der Waals surface area contributed by atoms with Crippen LogP contribution in [0.2, 0.25) is 0 Å². The number of nitrogens with zero attached hydrogens (tertiary/aromatic N) is 6. The summed E-state index contributed by atoms with van der Waals surface area (Å²) in [4.78, 5) is 29.8. The Morgan fingerprint density at radius 2 is 0.679 bits per heavy atom. The Labute approximate surface area is 304 Å². The third-order valence-corrected chi connectivity index (χ3v) is 9.40. The number of para-hydroxylation sites is 1. The van der Waals surface area contributed by atoms with E-state index in [0.29, 0.717) is 40.5 Å². The van der Waals surface area contributed by atoms with Crippen LogP contribution in [0, 0.1) is 0 Å². The SMILES string of the molecule is c1ccc(-c2nc(-c3ccccc3)nc(-c3cccc4c3ccc3oc5c(-c6nc(-c7ccccc7)nc(-c7ccccc7)n6)cccc5c34)n2)cc1. The number of hydrogen-bond acceptors (Lipinski definition) is 7. The van der Waals surface area contributed by atoms with Crippen molar-refractivity contribution in [1.82, 2.24) is 29.9 Å². The van der Waals surface area contributed by atoms with Gasteiger partial charge in [-0.05, 0) is 29.0 Å². The average molecular weight is 681 g/mol. The molecule has 7 nitrogen and oxygen atoms in total. The summed E-state index contributed by atoms with van der Waals surface area (Å²) >= 11 is 0. The summed E-state index contributed by atoms with van der Waals surface area (Å²) in [5.41, 5.74) is 6.84. The molecule has 0 amide bonds. The van der Waals surface area contributed by atoms with Gasteiger partial charge in [-0.2, -0.15) is 0 Å². The van der Waals surface area contributed by atoms with Gasteiger partial charge in [0.25, 0.3) is 0 Å².